The van der Waals surface area contributed by atoms with Crippen molar-refractivity contribution >= 4 is 5.69 Å². The average Bonchev–Trinajstić information content (AvgIpc) is 2.59. The monoisotopic (exact) mass is 245 g/mol. The minimum absolute atomic E-state index is 1.11. The second-order valence-electron chi connectivity index (χ2n) is 5.53. The maximum Gasteiger partial charge on any atom is 0.0370 e. The molecule has 1 aromatic rings. The third-order valence-electron chi connectivity index (χ3n) is 4.10. The van der Waals surface area contributed by atoms with Gasteiger partial charge in [-0.05, 0) is 49.7 Å². The van der Waals surface area contributed by atoms with E-state index < -0.39 is 0 Å². The summed E-state index contributed by atoms with van der Waals surface area (Å²) in [5.74, 6) is 0. The molecule has 3 rings (SSSR count). The number of rotatable bonds is 1. The topological polar surface area (TPSA) is 18.5 Å². The van der Waals surface area contributed by atoms with Crippen LogP contribution in [0, 0.1) is 0 Å². The number of nitrogens with one attached hydrogen (secondary N) is 1. The van der Waals surface area contributed by atoms with Gasteiger partial charge in [0.05, 0.1) is 0 Å². The molecule has 0 aliphatic carbocycles. The number of anilines is 1. The van der Waals surface area contributed by atoms with E-state index in [9.17, 15) is 0 Å². The van der Waals surface area contributed by atoms with Crippen molar-refractivity contribution in [2.75, 3.05) is 44.7 Å². The zero-order chi connectivity index (χ0) is 12.4. The van der Waals surface area contributed by atoms with Crippen LogP contribution in [0.1, 0.15) is 17.5 Å². The number of hydrogen-bond donors (Lipinski definition) is 1. The van der Waals surface area contributed by atoms with E-state index >= 15 is 0 Å². The van der Waals surface area contributed by atoms with Crippen molar-refractivity contribution in [3.8, 4) is 0 Å². The number of fused-ring (bicyclic) bond motifs is 1. The van der Waals surface area contributed by atoms with Gasteiger partial charge in [0.15, 0.2) is 0 Å². The van der Waals surface area contributed by atoms with Crippen LogP contribution in [0.3, 0.4) is 0 Å². The molecule has 1 saturated heterocycles. The third kappa shape index (κ3) is 2.52. The highest BCUT2D eigenvalue weighted by molar-refractivity contribution is 5.51. The van der Waals surface area contributed by atoms with E-state index in [1.165, 1.54) is 30.6 Å². The molecule has 2 aliphatic rings. The molecule has 3 nitrogen and oxygen atoms in total. The lowest BCUT2D eigenvalue weighted by atomic mass is 10.0. The second-order valence-corrected chi connectivity index (χ2v) is 5.53. The van der Waals surface area contributed by atoms with Gasteiger partial charge in [0, 0.05) is 38.4 Å². The summed E-state index contributed by atoms with van der Waals surface area (Å²) >= 11 is 0. The molecule has 1 fully saturated rings. The summed E-state index contributed by atoms with van der Waals surface area (Å²) in [6, 6.07) is 7.09. The lowest BCUT2D eigenvalue weighted by molar-refractivity contribution is 0.332. The Morgan fingerprint density at radius 1 is 1.06 bits per heavy atom. The zero-order valence-electron chi connectivity index (χ0n) is 11.3. The zero-order valence-corrected chi connectivity index (χ0v) is 11.3. The standard InChI is InChI=1S/C15H23N3/c1-17-8-2-3-13-4-5-15(11-14(13)12-17)18-9-6-16-7-10-18/h4-5,11,16H,2-3,6-10,12H2,1H3. The number of nitrogens with zero attached hydrogens (tertiary/aromatic N) is 2. The SMILES string of the molecule is CN1CCCc2ccc(N3CCNCC3)cc2C1. The highest BCUT2D eigenvalue weighted by Gasteiger charge is 2.15. The predicted octanol–water partition coefficient (Wildman–Crippen LogP) is 1.47. The summed E-state index contributed by atoms with van der Waals surface area (Å²) in [6.45, 7) is 6.81. The van der Waals surface area contributed by atoms with Crippen molar-refractivity contribution in [3.05, 3.63) is 29.3 Å². The van der Waals surface area contributed by atoms with Crippen molar-refractivity contribution in [3.63, 3.8) is 0 Å². The van der Waals surface area contributed by atoms with Crippen LogP contribution in [-0.2, 0) is 13.0 Å². The fraction of sp³-hybridized carbons (Fsp3) is 0.600. The van der Waals surface area contributed by atoms with E-state index in [4.69, 9.17) is 0 Å². The lowest BCUT2D eigenvalue weighted by Gasteiger charge is -2.30. The van der Waals surface area contributed by atoms with E-state index in [0.717, 1.165) is 32.7 Å². The van der Waals surface area contributed by atoms with Crippen LogP contribution >= 0.6 is 0 Å². The van der Waals surface area contributed by atoms with Gasteiger partial charge in [-0.1, -0.05) is 6.07 Å². The Bertz CT molecular complexity index is 410. The van der Waals surface area contributed by atoms with Crippen LogP contribution in [-0.4, -0.2) is 44.7 Å². The fourth-order valence-electron chi connectivity index (χ4n) is 3.03. The smallest absolute Gasteiger partial charge is 0.0370 e. The molecule has 0 unspecified atom stereocenters. The predicted molar refractivity (Wildman–Crippen MR) is 76.2 cm³/mol. The lowest BCUT2D eigenvalue weighted by Crippen LogP contribution is -2.43. The van der Waals surface area contributed by atoms with Gasteiger partial charge in [-0.15, -0.1) is 0 Å². The molecule has 18 heavy (non-hydrogen) atoms. The molecule has 0 saturated carbocycles. The van der Waals surface area contributed by atoms with Crippen LogP contribution in [0.15, 0.2) is 18.2 Å². The third-order valence-corrected chi connectivity index (χ3v) is 4.10. The second kappa shape index (κ2) is 5.29. The Morgan fingerprint density at radius 2 is 1.89 bits per heavy atom. The number of piperazine rings is 1. The summed E-state index contributed by atoms with van der Waals surface area (Å²) in [4.78, 5) is 4.94. The Hall–Kier alpha value is -1.06. The van der Waals surface area contributed by atoms with Gasteiger partial charge in [-0.3, -0.25) is 0 Å². The molecule has 0 amide bonds. The first-order valence-electron chi connectivity index (χ1n) is 7.09. The number of hydrogen-bond acceptors (Lipinski definition) is 3. The maximum absolute atomic E-state index is 3.41. The van der Waals surface area contributed by atoms with Crippen molar-refractivity contribution in [1.29, 1.82) is 0 Å². The van der Waals surface area contributed by atoms with Crippen molar-refractivity contribution in [2.45, 2.75) is 19.4 Å². The Balaban J connectivity index is 1.84. The molecule has 0 aromatic heterocycles. The minimum atomic E-state index is 1.11. The summed E-state index contributed by atoms with van der Waals surface area (Å²) in [5, 5.41) is 3.41. The highest BCUT2D eigenvalue weighted by Crippen LogP contribution is 2.24. The quantitative estimate of drug-likeness (QED) is 0.808. The van der Waals surface area contributed by atoms with Crippen molar-refractivity contribution in [1.82, 2.24) is 10.2 Å². The first kappa shape index (κ1) is 12.0. The van der Waals surface area contributed by atoms with Crippen molar-refractivity contribution in [2.24, 2.45) is 0 Å². The molecule has 2 heterocycles. The van der Waals surface area contributed by atoms with E-state index in [2.05, 4.69) is 40.4 Å². The maximum atomic E-state index is 3.41. The molecule has 2 aliphatic heterocycles. The van der Waals surface area contributed by atoms with Crippen LogP contribution in [0.4, 0.5) is 5.69 Å². The Kier molecular flexibility index (Phi) is 3.52. The van der Waals surface area contributed by atoms with E-state index in [0.29, 0.717) is 0 Å². The Morgan fingerprint density at radius 3 is 2.72 bits per heavy atom. The molecular weight excluding hydrogens is 222 g/mol. The molecule has 1 aromatic carbocycles. The molecule has 0 radical (unpaired) electrons. The van der Waals surface area contributed by atoms with Gasteiger partial charge in [-0.25, -0.2) is 0 Å². The summed E-state index contributed by atoms with van der Waals surface area (Å²) in [5.41, 5.74) is 4.50. The molecule has 3 heteroatoms. The van der Waals surface area contributed by atoms with Gasteiger partial charge in [0.1, 0.15) is 0 Å². The molecule has 1 N–H and O–H groups in total. The largest absolute Gasteiger partial charge is 0.369 e. The number of aryl methyl sites for hydroxylation is 1. The van der Waals surface area contributed by atoms with Crippen LogP contribution < -0.4 is 10.2 Å². The first-order valence-corrected chi connectivity index (χ1v) is 7.09. The van der Waals surface area contributed by atoms with Crippen LogP contribution in [0.2, 0.25) is 0 Å². The van der Waals surface area contributed by atoms with Gasteiger partial charge >= 0.3 is 0 Å². The molecule has 0 atom stereocenters. The average molecular weight is 245 g/mol. The summed E-state index contributed by atoms with van der Waals surface area (Å²) < 4.78 is 0. The van der Waals surface area contributed by atoms with Crippen LogP contribution in [0.5, 0.6) is 0 Å². The van der Waals surface area contributed by atoms with Gasteiger partial charge < -0.3 is 15.1 Å². The molecule has 98 valence electrons. The van der Waals surface area contributed by atoms with E-state index in [-0.39, 0.29) is 0 Å². The highest BCUT2D eigenvalue weighted by atomic mass is 15.2. The van der Waals surface area contributed by atoms with Crippen LogP contribution in [0.25, 0.3) is 0 Å². The van der Waals surface area contributed by atoms with Gasteiger partial charge in [-0.2, -0.15) is 0 Å². The summed E-state index contributed by atoms with van der Waals surface area (Å²) in [6.07, 6.45) is 2.53. The molecule has 0 spiro atoms. The van der Waals surface area contributed by atoms with E-state index in [1.54, 1.807) is 5.56 Å². The molecule has 0 bridgehead atoms. The Labute approximate surface area is 110 Å². The minimum Gasteiger partial charge on any atom is -0.369 e. The summed E-state index contributed by atoms with van der Waals surface area (Å²) in [7, 11) is 2.23. The normalized spacial score (nSPS) is 21.5. The van der Waals surface area contributed by atoms with E-state index in [1.807, 2.05) is 0 Å². The first-order chi connectivity index (χ1) is 8.83. The number of benzene rings is 1. The molecular formula is C15H23N3. The van der Waals surface area contributed by atoms with Gasteiger partial charge in [0.2, 0.25) is 0 Å². The van der Waals surface area contributed by atoms with Crippen molar-refractivity contribution < 1.29 is 0 Å². The fourth-order valence-corrected chi connectivity index (χ4v) is 3.03. The van der Waals surface area contributed by atoms with Gasteiger partial charge in [0.25, 0.3) is 0 Å².